The summed E-state index contributed by atoms with van der Waals surface area (Å²) >= 11 is 0. The van der Waals surface area contributed by atoms with E-state index >= 15 is 0 Å². The lowest BCUT2D eigenvalue weighted by Gasteiger charge is -2.12. The first-order valence-corrected chi connectivity index (χ1v) is 8.97. The number of ether oxygens (including phenoxy) is 5. The molecule has 1 aliphatic heterocycles. The maximum Gasteiger partial charge on any atom is 0.356 e. The average molecular weight is 410 g/mol. The van der Waals surface area contributed by atoms with Crippen LogP contribution in [-0.4, -0.2) is 44.5 Å². The van der Waals surface area contributed by atoms with E-state index in [1.54, 1.807) is 36.4 Å². The summed E-state index contributed by atoms with van der Waals surface area (Å²) in [4.78, 5) is 28.6. The minimum Gasteiger partial charge on any atom is -0.497 e. The van der Waals surface area contributed by atoms with Crippen molar-refractivity contribution in [1.29, 1.82) is 0 Å². The maximum absolute atomic E-state index is 12.4. The predicted molar refractivity (Wildman–Crippen MR) is 106 cm³/mol. The largest absolute Gasteiger partial charge is 0.497 e. The molecule has 3 aromatic rings. The van der Waals surface area contributed by atoms with Gasteiger partial charge in [-0.05, 0) is 30.3 Å². The van der Waals surface area contributed by atoms with E-state index in [1.807, 2.05) is 0 Å². The Kier molecular flexibility index (Phi) is 5.25. The van der Waals surface area contributed by atoms with Crippen molar-refractivity contribution in [3.8, 4) is 23.0 Å². The highest BCUT2D eigenvalue weighted by atomic mass is 16.7. The number of hydrogen-bond acceptors (Lipinski definition) is 8. The third-order valence-electron chi connectivity index (χ3n) is 4.39. The second kappa shape index (κ2) is 8.16. The third kappa shape index (κ3) is 3.90. The molecule has 1 aromatic heterocycles. The van der Waals surface area contributed by atoms with Gasteiger partial charge in [0.2, 0.25) is 6.79 Å². The van der Waals surface area contributed by atoms with Crippen LogP contribution in [0, 0.1) is 0 Å². The Bertz CT molecular complexity index is 1130. The van der Waals surface area contributed by atoms with E-state index in [-0.39, 0.29) is 25.0 Å². The molecule has 1 amide bonds. The summed E-state index contributed by atoms with van der Waals surface area (Å²) in [5.41, 5.74) is 1.12. The summed E-state index contributed by atoms with van der Waals surface area (Å²) in [5.74, 6) is 1.08. The van der Waals surface area contributed by atoms with Crippen molar-refractivity contribution in [2.24, 2.45) is 0 Å². The van der Waals surface area contributed by atoms with Gasteiger partial charge in [0.25, 0.3) is 5.91 Å². The van der Waals surface area contributed by atoms with Gasteiger partial charge >= 0.3 is 5.97 Å². The summed E-state index contributed by atoms with van der Waals surface area (Å²) in [6, 6.07) is 11.6. The second-order valence-corrected chi connectivity index (χ2v) is 6.29. The normalized spacial score (nSPS) is 11.8. The van der Waals surface area contributed by atoms with Crippen molar-refractivity contribution in [3.63, 3.8) is 0 Å². The summed E-state index contributed by atoms with van der Waals surface area (Å²) < 4.78 is 26.2. The lowest BCUT2D eigenvalue weighted by molar-refractivity contribution is -0.118. The molecule has 9 nitrogen and oxygen atoms in total. The van der Waals surface area contributed by atoms with Crippen molar-refractivity contribution in [1.82, 2.24) is 4.98 Å². The van der Waals surface area contributed by atoms with Gasteiger partial charge in [0.15, 0.2) is 23.8 Å². The zero-order chi connectivity index (χ0) is 21.1. The first-order chi connectivity index (χ1) is 14.6. The lowest BCUT2D eigenvalue weighted by atomic mass is 10.1. The molecule has 0 fully saturated rings. The van der Waals surface area contributed by atoms with Crippen molar-refractivity contribution in [3.05, 3.63) is 48.2 Å². The SMILES string of the molecule is COC(=O)c1cc(OCC(=O)Nc2ccc3c(c2)OCO3)c2cc(OC)ccc2n1. The highest BCUT2D eigenvalue weighted by Gasteiger charge is 2.17. The number of hydrogen-bond donors (Lipinski definition) is 1. The molecule has 0 spiro atoms. The Morgan fingerprint density at radius 2 is 1.90 bits per heavy atom. The molecule has 0 bridgehead atoms. The Morgan fingerprint density at radius 3 is 2.70 bits per heavy atom. The minimum absolute atomic E-state index is 0.0707. The topological polar surface area (TPSA) is 105 Å². The molecule has 9 heteroatoms. The molecular weight excluding hydrogens is 392 g/mol. The number of methoxy groups -OCH3 is 2. The fourth-order valence-electron chi connectivity index (χ4n) is 2.94. The second-order valence-electron chi connectivity index (χ2n) is 6.29. The number of esters is 1. The predicted octanol–water partition coefficient (Wildman–Crippen LogP) is 2.78. The molecule has 0 saturated carbocycles. The Morgan fingerprint density at radius 1 is 1.07 bits per heavy atom. The van der Waals surface area contributed by atoms with Crippen LogP contribution in [0.5, 0.6) is 23.0 Å². The van der Waals surface area contributed by atoms with Gasteiger partial charge in [-0.3, -0.25) is 4.79 Å². The fraction of sp³-hybridized carbons (Fsp3) is 0.190. The van der Waals surface area contributed by atoms with Gasteiger partial charge in [0.1, 0.15) is 11.5 Å². The van der Waals surface area contributed by atoms with Gasteiger partial charge < -0.3 is 29.0 Å². The number of carbonyl (C=O) groups excluding carboxylic acids is 2. The number of anilines is 1. The number of fused-ring (bicyclic) bond motifs is 2. The van der Waals surface area contributed by atoms with Gasteiger partial charge in [-0.15, -0.1) is 0 Å². The van der Waals surface area contributed by atoms with Crippen LogP contribution in [0.3, 0.4) is 0 Å². The molecule has 0 unspecified atom stereocenters. The number of carbonyl (C=O) groups is 2. The molecule has 2 heterocycles. The zero-order valence-corrected chi connectivity index (χ0v) is 16.3. The van der Waals surface area contributed by atoms with E-state index in [2.05, 4.69) is 10.3 Å². The van der Waals surface area contributed by atoms with E-state index < -0.39 is 5.97 Å². The highest BCUT2D eigenvalue weighted by molar-refractivity contribution is 5.95. The van der Waals surface area contributed by atoms with Crippen LogP contribution in [0.1, 0.15) is 10.5 Å². The first kappa shape index (κ1) is 19.3. The zero-order valence-electron chi connectivity index (χ0n) is 16.3. The van der Waals surface area contributed by atoms with Crippen molar-refractivity contribution in [2.45, 2.75) is 0 Å². The molecular formula is C21H18N2O7. The Labute approximate surface area is 171 Å². The highest BCUT2D eigenvalue weighted by Crippen LogP contribution is 2.34. The fourth-order valence-corrected chi connectivity index (χ4v) is 2.94. The van der Waals surface area contributed by atoms with E-state index in [4.69, 9.17) is 23.7 Å². The van der Waals surface area contributed by atoms with Crippen molar-refractivity contribution in [2.75, 3.05) is 32.9 Å². The van der Waals surface area contributed by atoms with Gasteiger partial charge in [-0.1, -0.05) is 0 Å². The molecule has 30 heavy (non-hydrogen) atoms. The van der Waals surface area contributed by atoms with Crippen LogP contribution in [0.15, 0.2) is 42.5 Å². The summed E-state index contributed by atoms with van der Waals surface area (Å²) in [7, 11) is 2.80. The number of nitrogens with zero attached hydrogens (tertiary/aromatic N) is 1. The molecule has 4 rings (SSSR count). The number of amides is 1. The summed E-state index contributed by atoms with van der Waals surface area (Å²) in [5, 5.41) is 3.32. The smallest absolute Gasteiger partial charge is 0.356 e. The van der Waals surface area contributed by atoms with E-state index in [0.29, 0.717) is 39.6 Å². The molecule has 1 aliphatic rings. The molecule has 0 aliphatic carbocycles. The van der Waals surface area contributed by atoms with Crippen LogP contribution >= 0.6 is 0 Å². The van der Waals surface area contributed by atoms with Crippen LogP contribution in [-0.2, 0) is 9.53 Å². The maximum atomic E-state index is 12.4. The Hall–Kier alpha value is -4.01. The van der Waals surface area contributed by atoms with Crippen molar-refractivity contribution >= 4 is 28.5 Å². The van der Waals surface area contributed by atoms with E-state index in [9.17, 15) is 9.59 Å². The lowest BCUT2D eigenvalue weighted by Crippen LogP contribution is -2.20. The van der Waals surface area contributed by atoms with E-state index in [0.717, 1.165) is 0 Å². The molecule has 1 N–H and O–H groups in total. The molecule has 0 radical (unpaired) electrons. The Balaban J connectivity index is 1.54. The number of nitrogens with one attached hydrogen (secondary N) is 1. The summed E-state index contributed by atoms with van der Waals surface area (Å²) in [6.45, 7) is -0.137. The first-order valence-electron chi connectivity index (χ1n) is 8.97. The summed E-state index contributed by atoms with van der Waals surface area (Å²) in [6.07, 6.45) is 0. The van der Waals surface area contributed by atoms with Gasteiger partial charge in [-0.25, -0.2) is 9.78 Å². The van der Waals surface area contributed by atoms with Crippen LogP contribution < -0.4 is 24.3 Å². The minimum atomic E-state index is -0.609. The molecule has 2 aromatic carbocycles. The van der Waals surface area contributed by atoms with Gasteiger partial charge in [0, 0.05) is 23.2 Å². The molecule has 154 valence electrons. The number of benzene rings is 2. The standard InChI is InChI=1S/C21H18N2O7/c1-26-13-4-5-15-14(8-13)18(9-16(23-15)21(25)27-2)28-10-20(24)22-12-3-6-17-19(7-12)30-11-29-17/h3-9H,10-11H2,1-2H3,(H,22,24). The van der Waals surface area contributed by atoms with E-state index in [1.165, 1.54) is 20.3 Å². The van der Waals surface area contributed by atoms with Crippen molar-refractivity contribution < 1.29 is 33.3 Å². The van der Waals surface area contributed by atoms with Gasteiger partial charge in [-0.2, -0.15) is 0 Å². The quantitative estimate of drug-likeness (QED) is 0.619. The van der Waals surface area contributed by atoms with Crippen LogP contribution in [0.4, 0.5) is 5.69 Å². The van der Waals surface area contributed by atoms with Gasteiger partial charge in [0.05, 0.1) is 19.7 Å². The number of pyridine rings is 1. The number of rotatable bonds is 6. The molecule has 0 atom stereocenters. The number of aromatic nitrogens is 1. The average Bonchev–Trinajstić information content (AvgIpc) is 3.24. The van der Waals surface area contributed by atoms with Crippen LogP contribution in [0.2, 0.25) is 0 Å². The third-order valence-corrected chi connectivity index (χ3v) is 4.39. The van der Waals surface area contributed by atoms with Crippen LogP contribution in [0.25, 0.3) is 10.9 Å². The monoisotopic (exact) mass is 410 g/mol. The molecule has 0 saturated heterocycles.